The molecule has 1 aromatic rings. The Morgan fingerprint density at radius 3 is 2.45 bits per heavy atom. The zero-order valence-corrected chi connectivity index (χ0v) is 13.0. The summed E-state index contributed by atoms with van der Waals surface area (Å²) >= 11 is 0. The fraction of sp³-hybridized carbons (Fsp3) is 0.556. The number of rotatable bonds is 3. The van der Waals surface area contributed by atoms with Crippen molar-refractivity contribution >= 4 is 5.97 Å². The molecule has 0 amide bonds. The normalized spacial score (nSPS) is 30.5. The fourth-order valence-electron chi connectivity index (χ4n) is 4.36. The first-order valence-electron chi connectivity index (χ1n) is 8.13. The van der Waals surface area contributed by atoms with Gasteiger partial charge in [0.25, 0.3) is 0 Å². The average Bonchev–Trinajstić information content (AvgIpc) is 2.87. The first-order chi connectivity index (χ1) is 10.6. The summed E-state index contributed by atoms with van der Waals surface area (Å²) in [7, 11) is 0. The number of halogens is 1. The number of carboxylic acids is 1. The minimum atomic E-state index is -0.918. The highest BCUT2D eigenvalue weighted by molar-refractivity contribution is 5.84. The van der Waals surface area contributed by atoms with Gasteiger partial charge in [-0.05, 0) is 56.5 Å². The Labute approximate surface area is 131 Å². The highest BCUT2D eigenvalue weighted by atomic mass is 19.1. The van der Waals surface area contributed by atoms with Crippen molar-refractivity contribution < 1.29 is 14.3 Å². The van der Waals surface area contributed by atoms with Gasteiger partial charge in [0.2, 0.25) is 0 Å². The van der Waals surface area contributed by atoms with Crippen molar-refractivity contribution in [2.24, 2.45) is 0 Å². The van der Waals surface area contributed by atoms with Crippen LogP contribution >= 0.6 is 0 Å². The van der Waals surface area contributed by atoms with Crippen LogP contribution in [-0.4, -0.2) is 34.6 Å². The van der Waals surface area contributed by atoms with E-state index in [1.165, 1.54) is 18.6 Å². The zero-order valence-electron chi connectivity index (χ0n) is 13.0. The average molecular weight is 304 g/mol. The second kappa shape index (κ2) is 5.99. The minimum Gasteiger partial charge on any atom is -0.480 e. The first kappa shape index (κ1) is 15.5. The van der Waals surface area contributed by atoms with Crippen molar-refractivity contribution in [2.75, 3.05) is 13.1 Å². The SMILES string of the molecule is C[C]1CCC(c2ccc(F)cc2)C1(C(=O)O)N1CCCCC1. The van der Waals surface area contributed by atoms with Crippen LogP contribution in [-0.2, 0) is 4.79 Å². The van der Waals surface area contributed by atoms with Crippen molar-refractivity contribution in [3.63, 3.8) is 0 Å². The number of nitrogens with zero attached hydrogens (tertiary/aromatic N) is 1. The molecule has 1 heterocycles. The lowest BCUT2D eigenvalue weighted by Gasteiger charge is -2.46. The van der Waals surface area contributed by atoms with Crippen LogP contribution in [0.1, 0.15) is 50.5 Å². The summed E-state index contributed by atoms with van der Waals surface area (Å²) in [5, 5.41) is 10.1. The van der Waals surface area contributed by atoms with E-state index in [1.807, 2.05) is 6.92 Å². The Bertz CT molecular complexity index is 539. The van der Waals surface area contributed by atoms with Crippen molar-refractivity contribution in [1.82, 2.24) is 4.90 Å². The van der Waals surface area contributed by atoms with Gasteiger partial charge in [0.1, 0.15) is 11.4 Å². The van der Waals surface area contributed by atoms with Gasteiger partial charge in [-0.25, -0.2) is 4.39 Å². The van der Waals surface area contributed by atoms with E-state index >= 15 is 0 Å². The van der Waals surface area contributed by atoms with Gasteiger partial charge in [0.15, 0.2) is 0 Å². The van der Waals surface area contributed by atoms with E-state index in [2.05, 4.69) is 4.90 Å². The molecule has 1 saturated heterocycles. The Morgan fingerprint density at radius 2 is 1.86 bits per heavy atom. The van der Waals surface area contributed by atoms with E-state index in [1.54, 1.807) is 12.1 Å². The number of carbonyl (C=O) groups is 1. The molecular weight excluding hydrogens is 281 g/mol. The van der Waals surface area contributed by atoms with Crippen LogP contribution in [0.2, 0.25) is 0 Å². The third-order valence-electron chi connectivity index (χ3n) is 5.42. The van der Waals surface area contributed by atoms with Crippen LogP contribution in [0.25, 0.3) is 0 Å². The van der Waals surface area contributed by atoms with E-state index in [-0.39, 0.29) is 11.7 Å². The molecule has 2 fully saturated rings. The zero-order chi connectivity index (χ0) is 15.7. The lowest BCUT2D eigenvalue weighted by molar-refractivity contribution is -0.151. The first-order valence-corrected chi connectivity index (χ1v) is 8.13. The third-order valence-corrected chi connectivity index (χ3v) is 5.42. The summed E-state index contributed by atoms with van der Waals surface area (Å²) in [6.45, 7) is 3.65. The lowest BCUT2D eigenvalue weighted by atomic mass is 9.75. The van der Waals surface area contributed by atoms with E-state index < -0.39 is 11.5 Å². The molecule has 0 aromatic heterocycles. The largest absolute Gasteiger partial charge is 0.480 e. The molecule has 1 aliphatic heterocycles. The summed E-state index contributed by atoms with van der Waals surface area (Å²) in [5.74, 6) is -0.0833. The molecule has 1 radical (unpaired) electrons. The van der Waals surface area contributed by atoms with E-state index in [0.29, 0.717) is 0 Å². The summed E-state index contributed by atoms with van der Waals surface area (Å²) < 4.78 is 13.2. The molecule has 3 rings (SSSR count). The quantitative estimate of drug-likeness (QED) is 0.927. The highest BCUT2D eigenvalue weighted by Gasteiger charge is 2.58. The molecule has 2 aliphatic rings. The predicted octanol–water partition coefficient (Wildman–Crippen LogP) is 3.61. The molecule has 1 saturated carbocycles. The van der Waals surface area contributed by atoms with Crippen molar-refractivity contribution in [3.8, 4) is 0 Å². The number of benzene rings is 1. The lowest BCUT2D eigenvalue weighted by Crippen LogP contribution is -2.60. The Hall–Kier alpha value is -1.42. The smallest absolute Gasteiger partial charge is 0.325 e. The molecule has 1 aromatic carbocycles. The summed E-state index contributed by atoms with van der Waals surface area (Å²) in [6.07, 6.45) is 4.93. The molecule has 22 heavy (non-hydrogen) atoms. The van der Waals surface area contributed by atoms with Crippen molar-refractivity contribution in [1.29, 1.82) is 0 Å². The Kier molecular flexibility index (Phi) is 4.22. The van der Waals surface area contributed by atoms with Gasteiger partial charge >= 0.3 is 5.97 Å². The van der Waals surface area contributed by atoms with E-state index in [4.69, 9.17) is 0 Å². The molecule has 2 atom stereocenters. The number of hydrogen-bond donors (Lipinski definition) is 1. The second-order valence-corrected chi connectivity index (χ2v) is 6.54. The maximum absolute atomic E-state index is 13.2. The summed E-state index contributed by atoms with van der Waals surface area (Å²) in [4.78, 5) is 14.5. The number of likely N-dealkylation sites (tertiary alicyclic amines) is 1. The molecule has 1 aliphatic carbocycles. The molecule has 1 N–H and O–H groups in total. The minimum absolute atomic E-state index is 0.0938. The predicted molar refractivity (Wildman–Crippen MR) is 83.1 cm³/mol. The van der Waals surface area contributed by atoms with E-state index in [0.717, 1.165) is 50.3 Å². The number of carboxylic acid groups (broad SMARTS) is 1. The van der Waals surface area contributed by atoms with Crippen LogP contribution in [0.5, 0.6) is 0 Å². The van der Waals surface area contributed by atoms with Gasteiger partial charge in [0.05, 0.1) is 0 Å². The number of aliphatic carboxylic acids is 1. The van der Waals surface area contributed by atoms with Crippen LogP contribution in [0.3, 0.4) is 0 Å². The maximum atomic E-state index is 13.2. The summed E-state index contributed by atoms with van der Waals surface area (Å²) in [6, 6.07) is 6.37. The number of hydrogen-bond acceptors (Lipinski definition) is 2. The Morgan fingerprint density at radius 1 is 1.23 bits per heavy atom. The molecule has 4 heteroatoms. The molecule has 0 bridgehead atoms. The van der Waals surface area contributed by atoms with Crippen molar-refractivity contribution in [2.45, 2.75) is 50.5 Å². The molecular formula is C18H23FNO2. The molecule has 2 unspecified atom stereocenters. The monoisotopic (exact) mass is 304 g/mol. The number of piperidine rings is 1. The van der Waals surface area contributed by atoms with Gasteiger partial charge in [-0.3, -0.25) is 9.69 Å². The molecule has 119 valence electrons. The van der Waals surface area contributed by atoms with Gasteiger partial charge in [-0.2, -0.15) is 0 Å². The van der Waals surface area contributed by atoms with Gasteiger partial charge < -0.3 is 5.11 Å². The van der Waals surface area contributed by atoms with Gasteiger partial charge in [0, 0.05) is 11.8 Å². The van der Waals surface area contributed by atoms with Crippen LogP contribution < -0.4 is 0 Å². The molecule has 3 nitrogen and oxygen atoms in total. The Balaban J connectivity index is 2.03. The van der Waals surface area contributed by atoms with Crippen molar-refractivity contribution in [3.05, 3.63) is 41.6 Å². The van der Waals surface area contributed by atoms with Gasteiger partial charge in [-0.1, -0.05) is 25.5 Å². The third kappa shape index (κ3) is 2.34. The second-order valence-electron chi connectivity index (χ2n) is 6.54. The van der Waals surface area contributed by atoms with E-state index in [9.17, 15) is 14.3 Å². The standard InChI is InChI=1S/C18H23FNO2/c1-13-5-10-16(14-6-8-15(19)9-7-14)18(13,17(21)22)20-11-3-2-4-12-20/h6-9,16H,2-5,10-12H2,1H3,(H,21,22). The topological polar surface area (TPSA) is 40.5 Å². The van der Waals surface area contributed by atoms with Crippen LogP contribution in [0.15, 0.2) is 24.3 Å². The highest BCUT2D eigenvalue weighted by Crippen LogP contribution is 2.52. The molecule has 0 spiro atoms. The fourth-order valence-corrected chi connectivity index (χ4v) is 4.36. The van der Waals surface area contributed by atoms with Crippen LogP contribution in [0.4, 0.5) is 4.39 Å². The van der Waals surface area contributed by atoms with Gasteiger partial charge in [-0.15, -0.1) is 0 Å². The summed E-state index contributed by atoms with van der Waals surface area (Å²) in [5.41, 5.74) is 0.0179. The van der Waals surface area contributed by atoms with Crippen LogP contribution in [0, 0.1) is 11.7 Å². The maximum Gasteiger partial charge on any atom is 0.325 e.